The van der Waals surface area contributed by atoms with Crippen molar-refractivity contribution in [3.05, 3.63) is 17.7 Å². The van der Waals surface area contributed by atoms with Gasteiger partial charge in [0.2, 0.25) is 5.75 Å². The van der Waals surface area contributed by atoms with Gasteiger partial charge in [-0.1, -0.05) is 0 Å². The van der Waals surface area contributed by atoms with Crippen LogP contribution in [-0.2, 0) is 4.74 Å². The van der Waals surface area contributed by atoms with Crippen LogP contribution in [0.4, 0.5) is 0 Å². The van der Waals surface area contributed by atoms with Crippen LogP contribution in [0.2, 0.25) is 0 Å². The predicted molar refractivity (Wildman–Crippen MR) is 71.9 cm³/mol. The first-order valence-electron chi connectivity index (χ1n) is 6.37. The molecule has 0 aromatic heterocycles. The van der Waals surface area contributed by atoms with Gasteiger partial charge in [0.25, 0.3) is 0 Å². The summed E-state index contributed by atoms with van der Waals surface area (Å²) in [5.74, 6) is 0.261. The summed E-state index contributed by atoms with van der Waals surface area (Å²) in [5, 5.41) is 18.9. The van der Waals surface area contributed by atoms with Crippen LogP contribution >= 0.6 is 0 Å². The number of ether oxygens (including phenoxy) is 4. The van der Waals surface area contributed by atoms with Gasteiger partial charge in [0.15, 0.2) is 11.5 Å². The van der Waals surface area contributed by atoms with Crippen molar-refractivity contribution in [2.75, 3.05) is 40.6 Å². The van der Waals surface area contributed by atoms with Crippen molar-refractivity contribution in [2.24, 2.45) is 5.41 Å². The van der Waals surface area contributed by atoms with E-state index in [1.165, 1.54) is 20.3 Å². The summed E-state index contributed by atoms with van der Waals surface area (Å²) >= 11 is 0. The number of fused-ring (bicyclic) bond motifs is 1. The number of esters is 1. The molecule has 2 N–H and O–H groups in total. The summed E-state index contributed by atoms with van der Waals surface area (Å²) in [7, 11) is 2.73. The maximum absolute atomic E-state index is 11.8. The lowest BCUT2D eigenvalue weighted by Crippen LogP contribution is -2.40. The van der Waals surface area contributed by atoms with E-state index < -0.39 is 11.4 Å². The molecule has 0 atom stereocenters. The Morgan fingerprint density at radius 2 is 1.81 bits per heavy atom. The molecule has 0 fully saturated rings. The van der Waals surface area contributed by atoms with Crippen molar-refractivity contribution in [2.45, 2.75) is 0 Å². The normalized spacial score (nSPS) is 16.0. The Balaban J connectivity index is 2.47. The maximum atomic E-state index is 11.8. The van der Waals surface area contributed by atoms with Crippen LogP contribution < -0.4 is 14.2 Å². The second kappa shape index (κ2) is 6.19. The molecule has 1 aliphatic rings. The average Bonchev–Trinajstić information content (AvgIpc) is 2.74. The molecule has 1 aromatic carbocycles. The van der Waals surface area contributed by atoms with Crippen LogP contribution in [0, 0.1) is 5.41 Å². The molecule has 2 rings (SSSR count). The highest BCUT2D eigenvalue weighted by molar-refractivity contribution is 5.94. The molecule has 7 nitrogen and oxygen atoms in total. The Hall–Kier alpha value is -1.99. The number of hydrogen-bond acceptors (Lipinski definition) is 7. The van der Waals surface area contributed by atoms with Crippen molar-refractivity contribution in [3.63, 3.8) is 0 Å². The van der Waals surface area contributed by atoms with Crippen LogP contribution in [0.3, 0.4) is 0 Å². The molecule has 116 valence electrons. The van der Waals surface area contributed by atoms with Crippen molar-refractivity contribution >= 4 is 5.97 Å². The van der Waals surface area contributed by atoms with Gasteiger partial charge in [-0.05, 0) is 12.1 Å². The second-order valence-corrected chi connectivity index (χ2v) is 4.86. The van der Waals surface area contributed by atoms with Gasteiger partial charge < -0.3 is 29.2 Å². The molecule has 21 heavy (non-hydrogen) atoms. The summed E-state index contributed by atoms with van der Waals surface area (Å²) in [4.78, 5) is 11.8. The zero-order valence-corrected chi connectivity index (χ0v) is 11.9. The van der Waals surface area contributed by atoms with Crippen LogP contribution in [0.1, 0.15) is 10.4 Å². The summed E-state index contributed by atoms with van der Waals surface area (Å²) in [6.45, 7) is -0.584. The van der Waals surface area contributed by atoms with E-state index >= 15 is 0 Å². The molecular weight excluding hydrogens is 280 g/mol. The lowest BCUT2D eigenvalue weighted by Gasteiger charge is -2.25. The van der Waals surface area contributed by atoms with E-state index in [1.807, 2.05) is 0 Å². The summed E-state index contributed by atoms with van der Waals surface area (Å²) in [5.41, 5.74) is -0.753. The second-order valence-electron chi connectivity index (χ2n) is 4.86. The number of aliphatic hydroxyl groups is 2. The molecule has 0 saturated carbocycles. The van der Waals surface area contributed by atoms with Crippen LogP contribution in [0.15, 0.2) is 12.1 Å². The Bertz CT molecular complexity index is 522. The van der Waals surface area contributed by atoms with E-state index in [0.717, 1.165) is 0 Å². The van der Waals surface area contributed by atoms with E-state index in [9.17, 15) is 15.0 Å². The summed E-state index contributed by atoms with van der Waals surface area (Å²) in [6, 6.07) is 3.08. The zero-order valence-electron chi connectivity index (χ0n) is 11.9. The summed E-state index contributed by atoms with van der Waals surface area (Å²) < 4.78 is 21.1. The number of hydrogen-bond donors (Lipinski definition) is 2. The Kier molecular flexibility index (Phi) is 4.54. The third kappa shape index (κ3) is 2.74. The first kappa shape index (κ1) is 15.4. The topological polar surface area (TPSA) is 94.5 Å². The highest BCUT2D eigenvalue weighted by atomic mass is 16.6. The zero-order chi connectivity index (χ0) is 15.5. The minimum absolute atomic E-state index is 0.00413. The van der Waals surface area contributed by atoms with Crippen LogP contribution in [0.25, 0.3) is 0 Å². The van der Waals surface area contributed by atoms with Gasteiger partial charge in [-0.2, -0.15) is 0 Å². The number of carbonyl (C=O) groups is 1. The van der Waals surface area contributed by atoms with Crippen molar-refractivity contribution in [3.8, 4) is 17.2 Å². The molecule has 1 aliphatic heterocycles. The maximum Gasteiger partial charge on any atom is 0.341 e. The summed E-state index contributed by atoms with van der Waals surface area (Å²) in [6.07, 6.45) is 0. The van der Waals surface area contributed by atoms with Gasteiger partial charge in [0.05, 0.1) is 32.8 Å². The molecule has 1 aromatic rings. The average molecular weight is 298 g/mol. The van der Waals surface area contributed by atoms with Gasteiger partial charge in [0.1, 0.15) is 18.8 Å². The molecule has 0 radical (unpaired) electrons. The smallest absolute Gasteiger partial charge is 0.341 e. The highest BCUT2D eigenvalue weighted by Gasteiger charge is 2.36. The monoisotopic (exact) mass is 298 g/mol. The third-order valence-electron chi connectivity index (χ3n) is 3.42. The van der Waals surface area contributed by atoms with Crippen molar-refractivity contribution < 1.29 is 34.0 Å². The SMILES string of the molecule is COC(=O)c1ccc(OC)c2c1OCC(CO)(CO)CO2. The number of methoxy groups -OCH3 is 2. The Morgan fingerprint density at radius 1 is 1.19 bits per heavy atom. The quantitative estimate of drug-likeness (QED) is 0.768. The van der Waals surface area contributed by atoms with E-state index in [0.29, 0.717) is 5.75 Å². The Labute approximate surface area is 122 Å². The molecule has 0 amide bonds. The van der Waals surface area contributed by atoms with E-state index in [2.05, 4.69) is 0 Å². The van der Waals surface area contributed by atoms with Crippen LogP contribution in [0.5, 0.6) is 17.2 Å². The molecule has 0 unspecified atom stereocenters. The largest absolute Gasteiger partial charge is 0.493 e. The number of rotatable bonds is 4. The standard InChI is InChI=1S/C14H18O7/c1-18-10-4-3-9(13(17)19-2)11-12(10)21-8-14(5-15,6-16)7-20-11/h3-4,15-16H,5-8H2,1-2H3. The van der Waals surface area contributed by atoms with Crippen molar-refractivity contribution in [1.82, 2.24) is 0 Å². The fraction of sp³-hybridized carbons (Fsp3) is 0.500. The van der Waals surface area contributed by atoms with Gasteiger partial charge >= 0.3 is 5.97 Å². The van der Waals surface area contributed by atoms with E-state index in [4.69, 9.17) is 18.9 Å². The molecule has 1 heterocycles. The van der Waals surface area contributed by atoms with Crippen molar-refractivity contribution in [1.29, 1.82) is 0 Å². The van der Waals surface area contributed by atoms with E-state index in [1.54, 1.807) is 6.07 Å². The number of aliphatic hydroxyl groups excluding tert-OH is 2. The van der Waals surface area contributed by atoms with Gasteiger partial charge in [-0.25, -0.2) is 4.79 Å². The van der Waals surface area contributed by atoms with Crippen LogP contribution in [-0.4, -0.2) is 56.8 Å². The van der Waals surface area contributed by atoms with Gasteiger partial charge in [-0.15, -0.1) is 0 Å². The minimum atomic E-state index is -0.947. The molecule has 0 saturated heterocycles. The fourth-order valence-corrected chi connectivity index (χ4v) is 1.98. The lowest BCUT2D eigenvalue weighted by atomic mass is 9.93. The van der Waals surface area contributed by atoms with Gasteiger partial charge in [0, 0.05) is 0 Å². The number of benzene rings is 1. The Morgan fingerprint density at radius 3 is 2.33 bits per heavy atom. The molecular formula is C14H18O7. The third-order valence-corrected chi connectivity index (χ3v) is 3.42. The number of carbonyl (C=O) groups excluding carboxylic acids is 1. The molecule has 0 spiro atoms. The highest BCUT2D eigenvalue weighted by Crippen LogP contribution is 2.43. The molecule has 0 aliphatic carbocycles. The first-order valence-corrected chi connectivity index (χ1v) is 6.37. The lowest BCUT2D eigenvalue weighted by molar-refractivity contribution is -0.00736. The predicted octanol–water partition coefficient (Wildman–Crippen LogP) is 0.224. The minimum Gasteiger partial charge on any atom is -0.493 e. The van der Waals surface area contributed by atoms with Gasteiger partial charge in [-0.3, -0.25) is 0 Å². The van der Waals surface area contributed by atoms with E-state index in [-0.39, 0.29) is 43.5 Å². The molecule has 0 bridgehead atoms. The molecule has 7 heteroatoms. The first-order chi connectivity index (χ1) is 10.1. The fourth-order valence-electron chi connectivity index (χ4n) is 1.98.